The highest BCUT2D eigenvalue weighted by Crippen LogP contribution is 2.61. The van der Waals surface area contributed by atoms with Crippen LogP contribution in [-0.4, -0.2) is 41.6 Å². The first-order chi connectivity index (χ1) is 16.5. The Balaban J connectivity index is 1.27. The fourth-order valence-corrected chi connectivity index (χ4v) is 6.40. The molecule has 2 heterocycles. The molecule has 2 N–H and O–H groups in total. The van der Waals surface area contributed by atoms with Crippen LogP contribution in [0.15, 0.2) is 41.3 Å². The van der Waals surface area contributed by atoms with Crippen LogP contribution in [0.1, 0.15) is 53.7 Å². The Morgan fingerprint density at radius 3 is 2.43 bits per heavy atom. The van der Waals surface area contributed by atoms with Gasteiger partial charge in [-0.05, 0) is 68.7 Å². The largest absolute Gasteiger partial charge is 0.416 e. The summed E-state index contributed by atoms with van der Waals surface area (Å²) in [6.45, 7) is 3.63. The normalized spacial score (nSPS) is 31.7. The molecule has 5 aliphatic rings. The van der Waals surface area contributed by atoms with Crippen molar-refractivity contribution in [3.05, 3.63) is 63.6 Å². The number of hydrogen-bond acceptors (Lipinski definition) is 4. The van der Waals surface area contributed by atoms with Crippen molar-refractivity contribution in [2.24, 2.45) is 17.8 Å². The van der Waals surface area contributed by atoms with Gasteiger partial charge < -0.3 is 20.1 Å². The maximum absolute atomic E-state index is 13.4. The Bertz CT molecular complexity index is 1230. The van der Waals surface area contributed by atoms with Crippen molar-refractivity contribution in [2.45, 2.75) is 50.0 Å². The first-order valence-corrected chi connectivity index (χ1v) is 12.2. The molecule has 1 aromatic carbocycles. The van der Waals surface area contributed by atoms with Crippen molar-refractivity contribution in [1.29, 1.82) is 0 Å². The molecule has 9 heteroatoms. The van der Waals surface area contributed by atoms with Gasteiger partial charge in [0.2, 0.25) is 0 Å². The van der Waals surface area contributed by atoms with Crippen molar-refractivity contribution < 1.29 is 18.0 Å². The lowest BCUT2D eigenvalue weighted by atomic mass is 9.49. The summed E-state index contributed by atoms with van der Waals surface area (Å²) in [5, 5.41) is 6.31. The lowest BCUT2D eigenvalue weighted by molar-refractivity contribution is -0.137. The Morgan fingerprint density at radius 2 is 1.83 bits per heavy atom. The minimum atomic E-state index is -4.45. The van der Waals surface area contributed by atoms with Crippen molar-refractivity contribution in [2.75, 3.05) is 25.5 Å². The standard InChI is InChI=1S/C26H29F3N4O2/c1-14(16-4-3-5-17(6-16)26(27,28)29)30-24(35)20-13-33(25-8-15(9-25)10-25)22(34)7-21(20)31-23-18-11-32(2)12-19(18)23/h3-7,13-15,18-19,23,31H,8-12H2,1-2H3,(H,30,35)/t14-,15?,18-,19+,23-,25?/m1/s1. The maximum Gasteiger partial charge on any atom is 0.416 e. The van der Waals surface area contributed by atoms with Gasteiger partial charge in [-0.25, -0.2) is 0 Å². The lowest BCUT2D eigenvalue weighted by Crippen LogP contribution is -2.62. The average Bonchev–Trinajstić information content (AvgIpc) is 3.17. The van der Waals surface area contributed by atoms with E-state index < -0.39 is 23.7 Å². The second-order valence-corrected chi connectivity index (χ2v) is 11.0. The van der Waals surface area contributed by atoms with E-state index in [0.717, 1.165) is 44.5 Å². The number of alkyl halides is 3. The summed E-state index contributed by atoms with van der Waals surface area (Å²) in [6.07, 6.45) is 0.0887. The highest BCUT2D eigenvalue weighted by Gasteiger charge is 2.58. The van der Waals surface area contributed by atoms with Crippen LogP contribution in [0.25, 0.3) is 0 Å². The predicted molar refractivity (Wildman–Crippen MR) is 125 cm³/mol. The molecule has 0 radical (unpaired) electrons. The molecule has 2 bridgehead atoms. The molecule has 7 rings (SSSR count). The molecule has 1 saturated heterocycles. The van der Waals surface area contributed by atoms with Gasteiger partial charge in [0.05, 0.1) is 22.9 Å². The number of hydrogen-bond donors (Lipinski definition) is 2. The number of benzene rings is 1. The summed E-state index contributed by atoms with van der Waals surface area (Å²) < 4.78 is 41.2. The summed E-state index contributed by atoms with van der Waals surface area (Å²) >= 11 is 0. The number of anilines is 1. The number of fused-ring (bicyclic) bond motifs is 1. The Labute approximate surface area is 201 Å². The third kappa shape index (κ3) is 3.75. The van der Waals surface area contributed by atoms with Gasteiger partial charge >= 0.3 is 6.18 Å². The van der Waals surface area contributed by atoms with E-state index in [4.69, 9.17) is 0 Å². The van der Waals surface area contributed by atoms with Gasteiger partial charge in [0.25, 0.3) is 11.5 Å². The Hall–Kier alpha value is -2.81. The van der Waals surface area contributed by atoms with E-state index in [1.54, 1.807) is 23.8 Å². The fraction of sp³-hybridized carbons (Fsp3) is 0.538. The smallest absolute Gasteiger partial charge is 0.381 e. The molecular weight excluding hydrogens is 457 g/mol. The second kappa shape index (κ2) is 7.59. The molecule has 2 aromatic rings. The second-order valence-electron chi connectivity index (χ2n) is 11.0. The van der Waals surface area contributed by atoms with Crippen LogP contribution in [0.5, 0.6) is 0 Å². The van der Waals surface area contributed by atoms with Gasteiger partial charge in [-0.15, -0.1) is 0 Å². The SMILES string of the molecule is C[C@@H](NC(=O)c1cn(C23CC(C2)C3)c(=O)cc1N[C@@H]1[C@@H]2CN(C)C[C@@H]21)c1cccc(C(F)(F)F)c1. The first kappa shape index (κ1) is 22.6. The first-order valence-electron chi connectivity index (χ1n) is 12.2. The molecule has 5 fully saturated rings. The van der Waals surface area contributed by atoms with Gasteiger partial charge in [0, 0.05) is 36.9 Å². The van der Waals surface area contributed by atoms with Gasteiger partial charge in [0.1, 0.15) is 0 Å². The van der Waals surface area contributed by atoms with Crippen molar-refractivity contribution >= 4 is 11.6 Å². The van der Waals surface area contributed by atoms with E-state index in [1.807, 2.05) is 0 Å². The van der Waals surface area contributed by atoms with Crippen molar-refractivity contribution in [3.8, 4) is 0 Å². The lowest BCUT2D eigenvalue weighted by Gasteiger charge is -2.62. The van der Waals surface area contributed by atoms with Crippen LogP contribution in [0, 0.1) is 17.8 Å². The van der Waals surface area contributed by atoms with Crippen LogP contribution in [0.3, 0.4) is 0 Å². The Kier molecular flexibility index (Phi) is 4.91. The van der Waals surface area contributed by atoms with Crippen LogP contribution in [0.2, 0.25) is 0 Å². The minimum absolute atomic E-state index is 0.115. The van der Waals surface area contributed by atoms with Gasteiger partial charge in [-0.2, -0.15) is 13.2 Å². The quantitative estimate of drug-likeness (QED) is 0.651. The highest BCUT2D eigenvalue weighted by atomic mass is 19.4. The summed E-state index contributed by atoms with van der Waals surface area (Å²) in [7, 11) is 2.09. The number of aromatic nitrogens is 1. The molecule has 6 nitrogen and oxygen atoms in total. The third-order valence-corrected chi connectivity index (χ3v) is 8.58. The molecule has 0 unspecified atom stereocenters. The number of halogens is 3. The monoisotopic (exact) mass is 486 g/mol. The molecule has 4 atom stereocenters. The van der Waals surface area contributed by atoms with Gasteiger partial charge in [0.15, 0.2) is 0 Å². The molecule has 0 spiro atoms. The number of rotatable bonds is 6. The molecule has 4 aliphatic carbocycles. The minimum Gasteiger partial charge on any atom is -0.381 e. The zero-order valence-corrected chi connectivity index (χ0v) is 19.7. The highest BCUT2D eigenvalue weighted by molar-refractivity contribution is 5.99. The summed E-state index contributed by atoms with van der Waals surface area (Å²) in [5.74, 6) is 1.27. The predicted octanol–water partition coefficient (Wildman–Crippen LogP) is 3.84. The van der Waals surface area contributed by atoms with Crippen LogP contribution in [-0.2, 0) is 11.7 Å². The number of pyridine rings is 1. The Morgan fingerprint density at radius 1 is 1.14 bits per heavy atom. The van der Waals surface area contributed by atoms with Crippen LogP contribution >= 0.6 is 0 Å². The van der Waals surface area contributed by atoms with Crippen LogP contribution < -0.4 is 16.2 Å². The van der Waals surface area contributed by atoms with E-state index in [2.05, 4.69) is 22.6 Å². The summed E-state index contributed by atoms with van der Waals surface area (Å²) in [6, 6.07) is 6.12. The average molecular weight is 487 g/mol. The van der Waals surface area contributed by atoms with Gasteiger partial charge in [-0.3, -0.25) is 9.59 Å². The van der Waals surface area contributed by atoms with E-state index in [0.29, 0.717) is 34.6 Å². The summed E-state index contributed by atoms with van der Waals surface area (Å²) in [4.78, 5) is 28.8. The van der Waals surface area contributed by atoms with Gasteiger partial charge in [-0.1, -0.05) is 12.1 Å². The number of nitrogens with one attached hydrogen (secondary N) is 2. The molecule has 35 heavy (non-hydrogen) atoms. The summed E-state index contributed by atoms with van der Waals surface area (Å²) in [5.41, 5.74) is 0.202. The van der Waals surface area contributed by atoms with E-state index in [1.165, 1.54) is 12.1 Å². The van der Waals surface area contributed by atoms with E-state index >= 15 is 0 Å². The number of carbonyl (C=O) groups excluding carboxylic acids is 1. The number of nitrogens with zero attached hydrogens (tertiary/aromatic N) is 2. The molecule has 1 aliphatic heterocycles. The molecule has 1 amide bonds. The topological polar surface area (TPSA) is 66.4 Å². The zero-order chi connectivity index (χ0) is 24.7. The fourth-order valence-electron chi connectivity index (χ4n) is 6.40. The molecular formula is C26H29F3N4O2. The maximum atomic E-state index is 13.4. The number of amides is 1. The van der Waals surface area contributed by atoms with Crippen molar-refractivity contribution in [3.63, 3.8) is 0 Å². The van der Waals surface area contributed by atoms with Crippen LogP contribution in [0.4, 0.5) is 18.9 Å². The zero-order valence-electron chi connectivity index (χ0n) is 19.7. The van der Waals surface area contributed by atoms with Crippen molar-refractivity contribution in [1.82, 2.24) is 14.8 Å². The third-order valence-electron chi connectivity index (χ3n) is 8.58. The number of likely N-dealkylation sites (tertiary alicyclic amines) is 1. The van der Waals surface area contributed by atoms with E-state index in [9.17, 15) is 22.8 Å². The molecule has 186 valence electrons. The number of piperidine rings is 1. The molecule has 1 aromatic heterocycles. The molecule has 4 saturated carbocycles. The van der Waals surface area contributed by atoms with E-state index in [-0.39, 0.29) is 17.1 Å². The number of carbonyl (C=O) groups is 1.